The van der Waals surface area contributed by atoms with Gasteiger partial charge in [0, 0.05) is 28.1 Å². The number of rotatable bonds is 7. The summed E-state index contributed by atoms with van der Waals surface area (Å²) in [6.45, 7) is 2.27. The second kappa shape index (κ2) is 8.58. The number of esters is 1. The molecule has 0 atom stereocenters. The van der Waals surface area contributed by atoms with Gasteiger partial charge in [0.1, 0.15) is 5.69 Å². The third kappa shape index (κ3) is 4.89. The lowest BCUT2D eigenvalue weighted by atomic mass is 10.2. The van der Waals surface area contributed by atoms with Crippen molar-refractivity contribution in [1.29, 1.82) is 0 Å². The molecule has 2 N–H and O–H groups in total. The molecule has 3 aromatic rings. The lowest BCUT2D eigenvalue weighted by molar-refractivity contribution is -0.124. The van der Waals surface area contributed by atoms with E-state index >= 15 is 0 Å². The monoisotopic (exact) mass is 368 g/mol. The fraction of sp³-hybridized carbons (Fsp3) is 0.200. The fourth-order valence-corrected chi connectivity index (χ4v) is 3.21. The minimum atomic E-state index is -0.537. The lowest BCUT2D eigenvalue weighted by Crippen LogP contribution is -2.30. The maximum absolute atomic E-state index is 12.0. The second-order valence-corrected chi connectivity index (χ2v) is 7.03. The fourth-order valence-electron chi connectivity index (χ4n) is 2.44. The maximum Gasteiger partial charge on any atom is 0.355 e. The average Bonchev–Trinajstić information content (AvgIpc) is 3.09. The van der Waals surface area contributed by atoms with Gasteiger partial charge in [0.25, 0.3) is 5.91 Å². The molecule has 0 saturated heterocycles. The van der Waals surface area contributed by atoms with Gasteiger partial charge in [-0.05, 0) is 31.2 Å². The molecule has 1 heterocycles. The molecule has 6 heteroatoms. The molecular weight excluding hydrogens is 348 g/mol. The standard InChI is InChI=1S/C20H20N2O3S/c1-14-6-8-16(9-7-14)26-11-10-21-19(23)13-25-20(24)18-12-15-4-2-3-5-17(15)22-18/h2-9,12,22H,10-11,13H2,1H3,(H,21,23). The molecule has 0 spiro atoms. The molecule has 0 radical (unpaired) electrons. The summed E-state index contributed by atoms with van der Waals surface area (Å²) < 4.78 is 5.06. The summed E-state index contributed by atoms with van der Waals surface area (Å²) in [5.74, 6) is -0.0885. The van der Waals surface area contributed by atoms with Crippen LogP contribution in [0.5, 0.6) is 0 Å². The van der Waals surface area contributed by atoms with Crippen LogP contribution in [0.15, 0.2) is 59.5 Å². The maximum atomic E-state index is 12.0. The number of fused-ring (bicyclic) bond motifs is 1. The molecule has 1 amide bonds. The van der Waals surface area contributed by atoms with Crippen LogP contribution in [0.4, 0.5) is 0 Å². The van der Waals surface area contributed by atoms with Crippen molar-refractivity contribution in [3.63, 3.8) is 0 Å². The van der Waals surface area contributed by atoms with Crippen molar-refractivity contribution in [1.82, 2.24) is 10.3 Å². The normalized spacial score (nSPS) is 10.7. The van der Waals surface area contributed by atoms with E-state index < -0.39 is 5.97 Å². The molecule has 0 saturated carbocycles. The van der Waals surface area contributed by atoms with Gasteiger partial charge in [-0.25, -0.2) is 4.79 Å². The highest BCUT2D eigenvalue weighted by Crippen LogP contribution is 2.17. The Balaban J connectivity index is 1.38. The first kappa shape index (κ1) is 18.1. The van der Waals surface area contributed by atoms with E-state index in [1.165, 1.54) is 5.56 Å². The second-order valence-electron chi connectivity index (χ2n) is 5.86. The Morgan fingerprint density at radius 1 is 1.12 bits per heavy atom. The van der Waals surface area contributed by atoms with Crippen LogP contribution in [0.25, 0.3) is 10.9 Å². The zero-order valence-corrected chi connectivity index (χ0v) is 15.3. The van der Waals surface area contributed by atoms with Gasteiger partial charge in [0.05, 0.1) is 0 Å². The zero-order valence-electron chi connectivity index (χ0n) is 14.5. The van der Waals surface area contributed by atoms with E-state index in [1.807, 2.05) is 31.2 Å². The van der Waals surface area contributed by atoms with Gasteiger partial charge in [-0.3, -0.25) is 4.79 Å². The molecule has 0 aliphatic rings. The van der Waals surface area contributed by atoms with E-state index in [1.54, 1.807) is 17.8 Å². The number of aromatic nitrogens is 1. The predicted molar refractivity (Wildman–Crippen MR) is 103 cm³/mol. The van der Waals surface area contributed by atoms with Crippen molar-refractivity contribution in [3.05, 3.63) is 65.9 Å². The number of aromatic amines is 1. The summed E-state index contributed by atoms with van der Waals surface area (Å²) in [5.41, 5.74) is 2.42. The molecular formula is C20H20N2O3S. The van der Waals surface area contributed by atoms with Crippen LogP contribution < -0.4 is 5.32 Å². The molecule has 0 bridgehead atoms. The minimum absolute atomic E-state index is 0.288. The number of aryl methyl sites for hydroxylation is 1. The highest BCUT2D eigenvalue weighted by Gasteiger charge is 2.12. The zero-order chi connectivity index (χ0) is 18.4. The Hall–Kier alpha value is -2.73. The molecule has 1 aromatic heterocycles. The molecule has 3 rings (SSSR count). The largest absolute Gasteiger partial charge is 0.451 e. The topological polar surface area (TPSA) is 71.2 Å². The average molecular weight is 368 g/mol. The molecule has 134 valence electrons. The van der Waals surface area contributed by atoms with Gasteiger partial charge >= 0.3 is 5.97 Å². The summed E-state index contributed by atoms with van der Waals surface area (Å²) >= 11 is 1.67. The van der Waals surface area contributed by atoms with E-state index in [0.29, 0.717) is 12.2 Å². The highest BCUT2D eigenvalue weighted by molar-refractivity contribution is 7.99. The molecule has 0 aliphatic carbocycles. The number of para-hydroxylation sites is 1. The van der Waals surface area contributed by atoms with Crippen LogP contribution in [0, 0.1) is 6.92 Å². The van der Waals surface area contributed by atoms with E-state index in [0.717, 1.165) is 21.6 Å². The summed E-state index contributed by atoms with van der Waals surface area (Å²) in [4.78, 5) is 28.0. The molecule has 0 unspecified atom stereocenters. The third-order valence-corrected chi connectivity index (χ3v) is 4.81. The van der Waals surface area contributed by atoms with Gasteiger partial charge in [-0.1, -0.05) is 35.9 Å². The van der Waals surface area contributed by atoms with Crippen LogP contribution in [0.3, 0.4) is 0 Å². The van der Waals surface area contributed by atoms with Crippen LogP contribution in [-0.4, -0.2) is 35.8 Å². The Bertz CT molecular complexity index is 870. The summed E-state index contributed by atoms with van der Waals surface area (Å²) in [7, 11) is 0. The van der Waals surface area contributed by atoms with Crippen LogP contribution in [0.1, 0.15) is 16.1 Å². The Labute approximate surface area is 156 Å². The number of hydrogen-bond donors (Lipinski definition) is 2. The quantitative estimate of drug-likeness (QED) is 0.380. The van der Waals surface area contributed by atoms with Crippen LogP contribution in [0.2, 0.25) is 0 Å². The number of hydrogen-bond acceptors (Lipinski definition) is 4. The van der Waals surface area contributed by atoms with E-state index in [4.69, 9.17) is 4.74 Å². The van der Waals surface area contributed by atoms with Gasteiger partial charge in [0.15, 0.2) is 6.61 Å². The van der Waals surface area contributed by atoms with Crippen molar-refractivity contribution in [2.24, 2.45) is 0 Å². The van der Waals surface area contributed by atoms with Crippen molar-refractivity contribution >= 4 is 34.5 Å². The van der Waals surface area contributed by atoms with Gasteiger partial charge in [-0.15, -0.1) is 11.8 Å². The Morgan fingerprint density at radius 3 is 2.65 bits per heavy atom. The van der Waals surface area contributed by atoms with Crippen LogP contribution >= 0.6 is 11.8 Å². The minimum Gasteiger partial charge on any atom is -0.451 e. The van der Waals surface area contributed by atoms with Crippen molar-refractivity contribution in [2.45, 2.75) is 11.8 Å². The number of carbonyl (C=O) groups is 2. The molecule has 0 fully saturated rings. The highest BCUT2D eigenvalue weighted by atomic mass is 32.2. The smallest absolute Gasteiger partial charge is 0.355 e. The van der Waals surface area contributed by atoms with Gasteiger partial charge in [0.2, 0.25) is 0 Å². The van der Waals surface area contributed by atoms with Crippen molar-refractivity contribution in [3.8, 4) is 0 Å². The summed E-state index contributed by atoms with van der Waals surface area (Å²) in [6.07, 6.45) is 0. The number of benzene rings is 2. The first-order valence-electron chi connectivity index (χ1n) is 8.33. The molecule has 26 heavy (non-hydrogen) atoms. The van der Waals surface area contributed by atoms with Crippen molar-refractivity contribution < 1.29 is 14.3 Å². The van der Waals surface area contributed by atoms with Crippen molar-refractivity contribution in [2.75, 3.05) is 18.9 Å². The predicted octanol–water partition coefficient (Wildman–Crippen LogP) is 3.54. The lowest BCUT2D eigenvalue weighted by Gasteiger charge is -2.06. The SMILES string of the molecule is Cc1ccc(SCCNC(=O)COC(=O)c2cc3ccccc3[nH]2)cc1. The number of H-pyrrole nitrogens is 1. The van der Waals surface area contributed by atoms with E-state index in [-0.39, 0.29) is 12.5 Å². The molecule has 5 nitrogen and oxygen atoms in total. The Morgan fingerprint density at radius 2 is 1.88 bits per heavy atom. The first-order valence-corrected chi connectivity index (χ1v) is 9.31. The summed E-state index contributed by atoms with van der Waals surface area (Å²) in [6, 6.07) is 17.5. The number of nitrogens with one attached hydrogen (secondary N) is 2. The molecule has 0 aliphatic heterocycles. The molecule has 2 aromatic carbocycles. The van der Waals surface area contributed by atoms with Crippen LogP contribution in [-0.2, 0) is 9.53 Å². The van der Waals surface area contributed by atoms with Gasteiger partial charge in [-0.2, -0.15) is 0 Å². The summed E-state index contributed by atoms with van der Waals surface area (Å²) in [5, 5.41) is 3.68. The number of thioether (sulfide) groups is 1. The van der Waals surface area contributed by atoms with Gasteiger partial charge < -0.3 is 15.0 Å². The number of carbonyl (C=O) groups excluding carboxylic acids is 2. The first-order chi connectivity index (χ1) is 12.6. The third-order valence-electron chi connectivity index (χ3n) is 3.80. The van der Waals surface area contributed by atoms with E-state index in [2.05, 4.69) is 34.6 Å². The Kier molecular flexibility index (Phi) is 5.96. The number of amides is 1. The van der Waals surface area contributed by atoms with E-state index in [9.17, 15) is 9.59 Å². The number of ether oxygens (including phenoxy) is 1.